The molecule has 0 saturated heterocycles. The molecule has 1 rings (SSSR count). The molecule has 0 heterocycles. The number of ether oxygens (including phenoxy) is 1. The fourth-order valence-corrected chi connectivity index (χ4v) is 2.98. The minimum Gasteiger partial charge on any atom is -0.496 e. The van der Waals surface area contributed by atoms with Crippen molar-refractivity contribution >= 4 is 0 Å². The van der Waals surface area contributed by atoms with E-state index in [1.54, 1.807) is 7.11 Å². The fraction of sp³-hybridized carbons (Fsp3) is 0.647. The van der Waals surface area contributed by atoms with Crippen LogP contribution in [0.25, 0.3) is 0 Å². The van der Waals surface area contributed by atoms with Gasteiger partial charge in [0.1, 0.15) is 5.75 Å². The van der Waals surface area contributed by atoms with Crippen molar-refractivity contribution in [2.24, 2.45) is 5.73 Å². The van der Waals surface area contributed by atoms with Crippen LogP contribution in [0.1, 0.15) is 39.2 Å². The Morgan fingerprint density at radius 1 is 1.25 bits per heavy atom. The first-order valence-electron chi connectivity index (χ1n) is 7.59. The zero-order valence-electron chi connectivity index (χ0n) is 13.6. The van der Waals surface area contributed by atoms with E-state index in [9.17, 15) is 0 Å². The second-order valence-corrected chi connectivity index (χ2v) is 5.61. The van der Waals surface area contributed by atoms with Crippen molar-refractivity contribution in [2.45, 2.75) is 51.6 Å². The predicted molar refractivity (Wildman–Crippen MR) is 86.3 cm³/mol. The van der Waals surface area contributed by atoms with Crippen molar-refractivity contribution < 1.29 is 4.74 Å². The minimum absolute atomic E-state index is 0.0986. The highest BCUT2D eigenvalue weighted by molar-refractivity contribution is 5.33. The van der Waals surface area contributed by atoms with E-state index in [4.69, 9.17) is 10.5 Å². The van der Waals surface area contributed by atoms with Gasteiger partial charge in [-0.1, -0.05) is 32.0 Å². The molecule has 1 unspecified atom stereocenters. The van der Waals surface area contributed by atoms with Crippen LogP contribution in [0, 0.1) is 0 Å². The summed E-state index contributed by atoms with van der Waals surface area (Å²) < 4.78 is 5.45. The van der Waals surface area contributed by atoms with Gasteiger partial charge in [-0.2, -0.15) is 0 Å². The van der Waals surface area contributed by atoms with Crippen LogP contribution in [0.2, 0.25) is 0 Å². The molecule has 20 heavy (non-hydrogen) atoms. The summed E-state index contributed by atoms with van der Waals surface area (Å²) in [6, 6.07) is 8.68. The Bertz CT molecular complexity index is 393. The van der Waals surface area contributed by atoms with Crippen LogP contribution in [0.3, 0.4) is 0 Å². The molecule has 1 aromatic carbocycles. The number of nitrogens with two attached hydrogens (primary N) is 1. The van der Waals surface area contributed by atoms with Gasteiger partial charge in [-0.25, -0.2) is 0 Å². The van der Waals surface area contributed by atoms with Crippen LogP contribution in [-0.4, -0.2) is 37.2 Å². The molecule has 0 bridgehead atoms. The van der Waals surface area contributed by atoms with Gasteiger partial charge in [0.15, 0.2) is 0 Å². The van der Waals surface area contributed by atoms with E-state index in [1.807, 2.05) is 12.1 Å². The summed E-state index contributed by atoms with van der Waals surface area (Å²) in [6.45, 7) is 7.42. The van der Waals surface area contributed by atoms with E-state index in [0.717, 1.165) is 25.0 Å². The van der Waals surface area contributed by atoms with Crippen LogP contribution in [0.15, 0.2) is 24.3 Å². The van der Waals surface area contributed by atoms with Gasteiger partial charge in [-0.05, 0) is 44.9 Å². The largest absolute Gasteiger partial charge is 0.496 e. The van der Waals surface area contributed by atoms with E-state index in [0.29, 0.717) is 12.6 Å². The molecule has 0 aliphatic carbocycles. The van der Waals surface area contributed by atoms with Crippen LogP contribution >= 0.6 is 0 Å². The number of methoxy groups -OCH3 is 1. The molecule has 3 heteroatoms. The number of rotatable bonds is 8. The van der Waals surface area contributed by atoms with Crippen molar-refractivity contribution in [1.82, 2.24) is 4.90 Å². The van der Waals surface area contributed by atoms with E-state index in [-0.39, 0.29) is 5.54 Å². The Morgan fingerprint density at radius 3 is 2.35 bits per heavy atom. The van der Waals surface area contributed by atoms with Crippen LogP contribution in [-0.2, 0) is 6.42 Å². The molecule has 1 atom stereocenters. The SMILES string of the molecule is CCC(CC)(CN)N(C)C(C)Cc1ccccc1OC. The molecule has 1 aromatic rings. The minimum atomic E-state index is 0.0986. The van der Waals surface area contributed by atoms with Gasteiger partial charge in [0.2, 0.25) is 0 Å². The van der Waals surface area contributed by atoms with Crippen LogP contribution in [0.4, 0.5) is 0 Å². The molecule has 0 aliphatic heterocycles. The third-order valence-electron chi connectivity index (χ3n) is 4.81. The topological polar surface area (TPSA) is 38.5 Å². The maximum Gasteiger partial charge on any atom is 0.122 e. The van der Waals surface area contributed by atoms with Gasteiger partial charge in [0, 0.05) is 18.1 Å². The molecule has 0 spiro atoms. The first-order chi connectivity index (χ1) is 9.54. The lowest BCUT2D eigenvalue weighted by molar-refractivity contribution is 0.0759. The lowest BCUT2D eigenvalue weighted by Crippen LogP contribution is -2.55. The van der Waals surface area contributed by atoms with E-state index in [2.05, 4.69) is 44.9 Å². The van der Waals surface area contributed by atoms with Crippen molar-refractivity contribution in [3.63, 3.8) is 0 Å². The Labute approximate surface area is 124 Å². The Morgan fingerprint density at radius 2 is 1.85 bits per heavy atom. The maximum absolute atomic E-state index is 6.05. The van der Waals surface area contributed by atoms with E-state index in [1.165, 1.54) is 5.56 Å². The summed E-state index contributed by atoms with van der Waals surface area (Å²) >= 11 is 0. The number of hydrogen-bond acceptors (Lipinski definition) is 3. The number of benzene rings is 1. The zero-order chi connectivity index (χ0) is 15.2. The van der Waals surface area contributed by atoms with Gasteiger partial charge in [-0.15, -0.1) is 0 Å². The first-order valence-corrected chi connectivity index (χ1v) is 7.59. The third kappa shape index (κ3) is 3.53. The van der Waals surface area contributed by atoms with E-state index >= 15 is 0 Å². The smallest absolute Gasteiger partial charge is 0.122 e. The normalized spacial score (nSPS) is 13.6. The van der Waals surface area contributed by atoms with Crippen LogP contribution in [0.5, 0.6) is 5.75 Å². The standard InChI is InChI=1S/C17H30N2O/c1-6-17(7-2,13-18)19(4)14(3)12-15-10-8-9-11-16(15)20-5/h8-11,14H,6-7,12-13,18H2,1-5H3. The molecule has 0 aliphatic rings. The third-order valence-corrected chi connectivity index (χ3v) is 4.81. The van der Waals surface area contributed by atoms with Crippen molar-refractivity contribution in [2.75, 3.05) is 20.7 Å². The molecular weight excluding hydrogens is 248 g/mol. The molecule has 3 nitrogen and oxygen atoms in total. The lowest BCUT2D eigenvalue weighted by Gasteiger charge is -2.43. The zero-order valence-corrected chi connectivity index (χ0v) is 13.6. The van der Waals surface area contributed by atoms with Gasteiger partial charge < -0.3 is 10.5 Å². The molecule has 0 fully saturated rings. The molecule has 0 saturated carbocycles. The Kier molecular flexibility index (Phi) is 6.50. The molecule has 0 radical (unpaired) electrons. The average molecular weight is 278 g/mol. The highest BCUT2D eigenvalue weighted by atomic mass is 16.5. The summed E-state index contributed by atoms with van der Waals surface area (Å²) in [5, 5.41) is 0. The quantitative estimate of drug-likeness (QED) is 0.794. The summed E-state index contributed by atoms with van der Waals surface area (Å²) in [7, 11) is 3.93. The fourth-order valence-electron chi connectivity index (χ4n) is 2.98. The van der Waals surface area contributed by atoms with Gasteiger partial charge in [0.25, 0.3) is 0 Å². The number of nitrogens with zero attached hydrogens (tertiary/aromatic N) is 1. The average Bonchev–Trinajstić information content (AvgIpc) is 2.50. The molecule has 114 valence electrons. The summed E-state index contributed by atoms with van der Waals surface area (Å²) in [6.07, 6.45) is 3.13. The highest BCUT2D eigenvalue weighted by Gasteiger charge is 2.32. The second kappa shape index (κ2) is 7.65. The predicted octanol–water partition coefficient (Wildman–Crippen LogP) is 3.08. The number of para-hydroxylation sites is 1. The van der Waals surface area contributed by atoms with Crippen molar-refractivity contribution in [3.8, 4) is 5.75 Å². The maximum atomic E-state index is 6.05. The van der Waals surface area contributed by atoms with Crippen molar-refractivity contribution in [1.29, 1.82) is 0 Å². The van der Waals surface area contributed by atoms with Gasteiger partial charge in [-0.3, -0.25) is 4.90 Å². The number of likely N-dealkylation sites (N-methyl/N-ethyl adjacent to an activating group) is 1. The van der Waals surface area contributed by atoms with Gasteiger partial charge >= 0.3 is 0 Å². The van der Waals surface area contributed by atoms with Gasteiger partial charge in [0.05, 0.1) is 7.11 Å². The molecule has 2 N–H and O–H groups in total. The van der Waals surface area contributed by atoms with E-state index < -0.39 is 0 Å². The molecular formula is C17H30N2O. The molecule has 0 aromatic heterocycles. The van der Waals surface area contributed by atoms with Crippen LogP contribution < -0.4 is 10.5 Å². The lowest BCUT2D eigenvalue weighted by atomic mass is 9.88. The van der Waals surface area contributed by atoms with Crippen molar-refractivity contribution in [3.05, 3.63) is 29.8 Å². The first kappa shape index (κ1) is 17.0. The summed E-state index contributed by atoms with van der Waals surface area (Å²) in [4.78, 5) is 2.44. The summed E-state index contributed by atoms with van der Waals surface area (Å²) in [5.74, 6) is 0.971. The Balaban J connectivity index is 2.87. The second-order valence-electron chi connectivity index (χ2n) is 5.61. The molecule has 0 amide bonds. The summed E-state index contributed by atoms with van der Waals surface area (Å²) in [5.41, 5.74) is 7.41. The number of hydrogen-bond donors (Lipinski definition) is 1. The Hall–Kier alpha value is -1.06. The monoisotopic (exact) mass is 278 g/mol. The highest BCUT2D eigenvalue weighted by Crippen LogP contribution is 2.27.